The lowest BCUT2D eigenvalue weighted by Crippen LogP contribution is -2.25. The van der Waals surface area contributed by atoms with E-state index in [9.17, 15) is 9.59 Å². The van der Waals surface area contributed by atoms with Crippen molar-refractivity contribution in [2.45, 2.75) is 40.5 Å². The highest BCUT2D eigenvalue weighted by atomic mass is 16.2. The summed E-state index contributed by atoms with van der Waals surface area (Å²) < 4.78 is 0. The molecule has 1 aromatic rings. The first-order valence-electron chi connectivity index (χ1n) is 7.03. The third-order valence-corrected chi connectivity index (χ3v) is 3.30. The van der Waals surface area contributed by atoms with Gasteiger partial charge in [0.05, 0.1) is 6.42 Å². The zero-order chi connectivity index (χ0) is 14.9. The van der Waals surface area contributed by atoms with Gasteiger partial charge in [-0.15, -0.1) is 0 Å². The molecular weight excluding hydrogens is 252 g/mol. The van der Waals surface area contributed by atoms with Gasteiger partial charge in [-0.3, -0.25) is 9.59 Å². The fourth-order valence-electron chi connectivity index (χ4n) is 2.49. The Balaban J connectivity index is 2.12. The molecule has 1 heterocycles. The Morgan fingerprint density at radius 1 is 1.35 bits per heavy atom. The number of nitrogens with zero attached hydrogens (tertiary/aromatic N) is 1. The number of rotatable bonds is 3. The van der Waals surface area contributed by atoms with E-state index < -0.39 is 0 Å². The van der Waals surface area contributed by atoms with Crippen LogP contribution in [0.1, 0.15) is 39.7 Å². The molecule has 0 radical (unpaired) electrons. The molecule has 20 heavy (non-hydrogen) atoms. The lowest BCUT2D eigenvalue weighted by atomic mass is 9.92. The van der Waals surface area contributed by atoms with Crippen LogP contribution in [0, 0.1) is 5.41 Å². The predicted molar refractivity (Wildman–Crippen MR) is 80.9 cm³/mol. The quantitative estimate of drug-likeness (QED) is 0.921. The number of carbonyl (C=O) groups is 2. The van der Waals surface area contributed by atoms with Gasteiger partial charge in [0, 0.05) is 24.3 Å². The van der Waals surface area contributed by atoms with E-state index in [1.165, 1.54) is 0 Å². The van der Waals surface area contributed by atoms with Crippen molar-refractivity contribution in [2.24, 2.45) is 5.41 Å². The Kier molecular flexibility index (Phi) is 3.84. The number of benzene rings is 1. The molecule has 1 N–H and O–H groups in total. The smallest absolute Gasteiger partial charge is 0.231 e. The molecule has 2 amide bonds. The van der Waals surface area contributed by atoms with Crippen LogP contribution in [-0.2, 0) is 16.0 Å². The second-order valence-corrected chi connectivity index (χ2v) is 6.44. The minimum absolute atomic E-state index is 0.00845. The number of carbonyl (C=O) groups excluding carboxylic acids is 2. The Morgan fingerprint density at radius 3 is 2.65 bits per heavy atom. The molecule has 2 rings (SSSR count). The van der Waals surface area contributed by atoms with Gasteiger partial charge in [0.2, 0.25) is 11.8 Å². The molecule has 0 bridgehead atoms. The molecule has 0 spiro atoms. The molecular formula is C16H22N2O2. The normalized spacial score (nSPS) is 14.4. The Labute approximate surface area is 120 Å². The maximum Gasteiger partial charge on any atom is 0.231 e. The van der Waals surface area contributed by atoms with Crippen LogP contribution in [-0.4, -0.2) is 18.4 Å². The summed E-state index contributed by atoms with van der Waals surface area (Å²) in [5.41, 5.74) is 2.69. The maximum absolute atomic E-state index is 11.9. The summed E-state index contributed by atoms with van der Waals surface area (Å²) in [4.78, 5) is 25.5. The number of likely N-dealkylation sites (N-methyl/N-ethyl adjacent to an activating group) is 1. The molecule has 0 saturated heterocycles. The fourth-order valence-corrected chi connectivity index (χ4v) is 2.49. The van der Waals surface area contributed by atoms with Crippen molar-refractivity contribution in [1.29, 1.82) is 0 Å². The van der Waals surface area contributed by atoms with Crippen molar-refractivity contribution in [2.75, 3.05) is 16.8 Å². The van der Waals surface area contributed by atoms with E-state index in [0.717, 1.165) is 16.9 Å². The zero-order valence-electron chi connectivity index (χ0n) is 12.6. The van der Waals surface area contributed by atoms with Crippen LogP contribution in [0.4, 0.5) is 11.4 Å². The van der Waals surface area contributed by atoms with Crippen LogP contribution in [0.25, 0.3) is 0 Å². The van der Waals surface area contributed by atoms with E-state index in [1.54, 1.807) is 4.90 Å². The summed E-state index contributed by atoms with van der Waals surface area (Å²) in [6, 6.07) is 5.68. The van der Waals surface area contributed by atoms with E-state index in [-0.39, 0.29) is 17.2 Å². The van der Waals surface area contributed by atoms with Crippen LogP contribution < -0.4 is 10.2 Å². The highest BCUT2D eigenvalue weighted by Gasteiger charge is 2.26. The summed E-state index contributed by atoms with van der Waals surface area (Å²) in [5.74, 6) is 0.134. The number of anilines is 2. The topological polar surface area (TPSA) is 49.4 Å². The third kappa shape index (κ3) is 3.18. The molecule has 0 fully saturated rings. The fraction of sp³-hybridized carbons (Fsp3) is 0.500. The molecule has 4 heteroatoms. The molecule has 0 aliphatic carbocycles. The molecule has 1 aliphatic heterocycles. The first kappa shape index (κ1) is 14.6. The van der Waals surface area contributed by atoms with Crippen molar-refractivity contribution in [3.63, 3.8) is 0 Å². The van der Waals surface area contributed by atoms with Crippen molar-refractivity contribution in [3.05, 3.63) is 23.8 Å². The lowest BCUT2D eigenvalue weighted by Gasteiger charge is -2.18. The summed E-state index contributed by atoms with van der Waals surface area (Å²) >= 11 is 0. The van der Waals surface area contributed by atoms with Crippen LogP contribution in [0.3, 0.4) is 0 Å². The minimum atomic E-state index is -0.0320. The number of amides is 2. The molecule has 0 aromatic heterocycles. The van der Waals surface area contributed by atoms with E-state index >= 15 is 0 Å². The van der Waals surface area contributed by atoms with Gasteiger partial charge >= 0.3 is 0 Å². The number of nitrogens with one attached hydrogen (secondary N) is 1. The van der Waals surface area contributed by atoms with Gasteiger partial charge in [0.25, 0.3) is 0 Å². The second kappa shape index (κ2) is 5.27. The van der Waals surface area contributed by atoms with Gasteiger partial charge in [-0.05, 0) is 36.1 Å². The van der Waals surface area contributed by atoms with Gasteiger partial charge in [-0.2, -0.15) is 0 Å². The maximum atomic E-state index is 11.9. The Morgan fingerprint density at radius 2 is 2.05 bits per heavy atom. The highest BCUT2D eigenvalue weighted by molar-refractivity contribution is 6.02. The average molecular weight is 274 g/mol. The standard InChI is InChI=1S/C16H22N2O2/c1-5-18-13-7-6-12(8-11(13)9-15(18)20)17-14(19)10-16(2,3)4/h6-8H,5,9-10H2,1-4H3,(H,17,19). The van der Waals surface area contributed by atoms with Crippen LogP contribution in [0.5, 0.6) is 0 Å². The average Bonchev–Trinajstić information content (AvgIpc) is 2.60. The van der Waals surface area contributed by atoms with Crippen molar-refractivity contribution >= 4 is 23.2 Å². The predicted octanol–water partition coefficient (Wildman–Crippen LogP) is 2.97. The summed E-state index contributed by atoms with van der Waals surface area (Å²) in [5, 5.41) is 2.91. The molecule has 4 nitrogen and oxygen atoms in total. The SMILES string of the molecule is CCN1C(=O)Cc2cc(NC(=O)CC(C)(C)C)ccc21. The van der Waals surface area contributed by atoms with Gasteiger partial charge in [0.1, 0.15) is 0 Å². The van der Waals surface area contributed by atoms with E-state index in [4.69, 9.17) is 0 Å². The number of hydrogen-bond donors (Lipinski definition) is 1. The molecule has 0 unspecified atom stereocenters. The first-order chi connectivity index (χ1) is 9.30. The highest BCUT2D eigenvalue weighted by Crippen LogP contribution is 2.31. The molecule has 0 atom stereocenters. The largest absolute Gasteiger partial charge is 0.326 e. The van der Waals surface area contributed by atoms with Gasteiger partial charge in [-0.25, -0.2) is 0 Å². The van der Waals surface area contributed by atoms with Crippen molar-refractivity contribution in [1.82, 2.24) is 0 Å². The van der Waals surface area contributed by atoms with E-state index in [2.05, 4.69) is 5.32 Å². The van der Waals surface area contributed by atoms with Gasteiger partial charge in [-0.1, -0.05) is 20.8 Å². The zero-order valence-corrected chi connectivity index (χ0v) is 12.6. The third-order valence-electron chi connectivity index (χ3n) is 3.30. The summed E-state index contributed by atoms with van der Waals surface area (Å²) in [6.07, 6.45) is 0.899. The molecule has 0 saturated carbocycles. The minimum Gasteiger partial charge on any atom is -0.326 e. The van der Waals surface area contributed by atoms with Gasteiger partial charge < -0.3 is 10.2 Å². The number of fused-ring (bicyclic) bond motifs is 1. The Bertz CT molecular complexity index is 544. The molecule has 108 valence electrons. The second-order valence-electron chi connectivity index (χ2n) is 6.44. The van der Waals surface area contributed by atoms with Crippen molar-refractivity contribution < 1.29 is 9.59 Å². The van der Waals surface area contributed by atoms with Gasteiger partial charge in [0.15, 0.2) is 0 Å². The monoisotopic (exact) mass is 274 g/mol. The molecule has 1 aromatic carbocycles. The van der Waals surface area contributed by atoms with E-state index in [0.29, 0.717) is 19.4 Å². The van der Waals surface area contributed by atoms with Crippen LogP contribution >= 0.6 is 0 Å². The Hall–Kier alpha value is -1.84. The first-order valence-corrected chi connectivity index (χ1v) is 7.03. The summed E-state index contributed by atoms with van der Waals surface area (Å²) in [7, 11) is 0. The lowest BCUT2D eigenvalue weighted by molar-refractivity contribution is -0.118. The van der Waals surface area contributed by atoms with Crippen molar-refractivity contribution in [3.8, 4) is 0 Å². The number of hydrogen-bond acceptors (Lipinski definition) is 2. The summed E-state index contributed by atoms with van der Waals surface area (Å²) in [6.45, 7) is 8.75. The van der Waals surface area contributed by atoms with E-state index in [1.807, 2.05) is 45.9 Å². The molecule has 1 aliphatic rings. The van der Waals surface area contributed by atoms with Crippen LogP contribution in [0.15, 0.2) is 18.2 Å². The van der Waals surface area contributed by atoms with Crippen LogP contribution in [0.2, 0.25) is 0 Å².